The first-order valence-corrected chi connectivity index (χ1v) is 8.29. The number of carbonyl (C=O) groups is 2. The van der Waals surface area contributed by atoms with Gasteiger partial charge in [-0.25, -0.2) is 0 Å². The topological polar surface area (TPSA) is 43.4 Å². The number of benzene rings is 1. The molecule has 4 rings (SSSR count). The normalized spacial score (nSPS) is 34.5. The van der Waals surface area contributed by atoms with Crippen LogP contribution in [0.3, 0.4) is 0 Å². The summed E-state index contributed by atoms with van der Waals surface area (Å²) in [5, 5.41) is 0. The second kappa shape index (κ2) is 5.04. The summed E-state index contributed by atoms with van der Waals surface area (Å²) in [5.74, 6) is 5.09. The summed E-state index contributed by atoms with van der Waals surface area (Å²) in [4.78, 5) is 25.9. The molecule has 3 aliphatic rings. The molecule has 0 amide bonds. The van der Waals surface area contributed by atoms with E-state index in [2.05, 4.69) is 11.8 Å². The van der Waals surface area contributed by atoms with E-state index in [-0.39, 0.29) is 35.6 Å². The van der Waals surface area contributed by atoms with Crippen LogP contribution in [0.1, 0.15) is 47.9 Å². The van der Waals surface area contributed by atoms with Gasteiger partial charge >= 0.3 is 0 Å². The van der Waals surface area contributed by atoms with Gasteiger partial charge in [-0.2, -0.15) is 0 Å². The Bertz CT molecular complexity index is 729. The van der Waals surface area contributed by atoms with E-state index in [4.69, 9.17) is 4.74 Å². The number of ketones is 2. The molecular formula is C20H20O3. The average molecular weight is 308 g/mol. The highest BCUT2D eigenvalue weighted by Gasteiger charge is 2.63. The zero-order valence-electron chi connectivity index (χ0n) is 13.7. The second-order valence-electron chi connectivity index (χ2n) is 6.98. The number of fused-ring (bicyclic) bond motifs is 5. The first-order chi connectivity index (χ1) is 11.0. The number of aryl methyl sites for hydroxylation is 2. The lowest BCUT2D eigenvalue weighted by atomic mass is 9.81. The molecule has 2 saturated heterocycles. The summed E-state index contributed by atoms with van der Waals surface area (Å²) < 4.78 is 5.82. The van der Waals surface area contributed by atoms with E-state index < -0.39 is 5.92 Å². The molecule has 1 aromatic rings. The van der Waals surface area contributed by atoms with Crippen LogP contribution >= 0.6 is 0 Å². The average Bonchev–Trinajstić information content (AvgIpc) is 3.16. The fourth-order valence-corrected chi connectivity index (χ4v) is 4.86. The molecule has 118 valence electrons. The minimum absolute atomic E-state index is 0.0303. The maximum atomic E-state index is 13.0. The van der Waals surface area contributed by atoms with Crippen LogP contribution in [0, 0.1) is 37.5 Å². The van der Waals surface area contributed by atoms with Crippen molar-refractivity contribution in [1.82, 2.24) is 0 Å². The zero-order valence-corrected chi connectivity index (χ0v) is 13.7. The molecule has 0 radical (unpaired) electrons. The molecule has 3 fully saturated rings. The lowest BCUT2D eigenvalue weighted by Gasteiger charge is -2.17. The van der Waals surface area contributed by atoms with Gasteiger partial charge in [-0.15, -0.1) is 5.92 Å². The van der Waals surface area contributed by atoms with Gasteiger partial charge in [0.05, 0.1) is 24.0 Å². The fourth-order valence-electron chi connectivity index (χ4n) is 4.86. The first-order valence-electron chi connectivity index (χ1n) is 8.29. The van der Waals surface area contributed by atoms with Crippen LogP contribution in [0.2, 0.25) is 0 Å². The molecule has 2 bridgehead atoms. The summed E-state index contributed by atoms with van der Waals surface area (Å²) in [6.07, 6.45) is 1.77. The third-order valence-corrected chi connectivity index (χ3v) is 5.65. The Morgan fingerprint density at radius 1 is 1.00 bits per heavy atom. The van der Waals surface area contributed by atoms with Gasteiger partial charge in [-0.1, -0.05) is 5.92 Å². The smallest absolute Gasteiger partial charge is 0.154 e. The lowest BCUT2D eigenvalue weighted by molar-refractivity contribution is -0.127. The Balaban J connectivity index is 1.78. The third kappa shape index (κ3) is 1.95. The van der Waals surface area contributed by atoms with Crippen molar-refractivity contribution in [3.05, 3.63) is 34.4 Å². The predicted molar refractivity (Wildman–Crippen MR) is 86.1 cm³/mol. The molecule has 1 aromatic carbocycles. The molecule has 3 heteroatoms. The Labute approximate surface area is 136 Å². The Morgan fingerprint density at radius 2 is 1.52 bits per heavy atom. The molecule has 5 atom stereocenters. The lowest BCUT2D eigenvalue weighted by Crippen LogP contribution is -2.29. The van der Waals surface area contributed by atoms with Crippen LogP contribution < -0.4 is 0 Å². The van der Waals surface area contributed by atoms with Gasteiger partial charge in [0.1, 0.15) is 5.92 Å². The second-order valence-corrected chi connectivity index (χ2v) is 6.98. The minimum Gasteiger partial charge on any atom is -0.373 e. The Kier molecular flexibility index (Phi) is 3.21. The molecular weight excluding hydrogens is 288 g/mol. The van der Waals surface area contributed by atoms with E-state index in [0.29, 0.717) is 0 Å². The van der Waals surface area contributed by atoms with Crippen molar-refractivity contribution in [3.8, 4) is 11.8 Å². The molecule has 2 heterocycles. The van der Waals surface area contributed by atoms with Crippen LogP contribution in [0.15, 0.2) is 12.1 Å². The monoisotopic (exact) mass is 308 g/mol. The van der Waals surface area contributed by atoms with Gasteiger partial charge in [-0.05, 0) is 62.4 Å². The van der Waals surface area contributed by atoms with Crippen molar-refractivity contribution in [2.45, 2.75) is 51.7 Å². The molecule has 0 N–H and O–H groups in total. The van der Waals surface area contributed by atoms with Crippen molar-refractivity contribution < 1.29 is 14.3 Å². The highest BCUT2D eigenvalue weighted by atomic mass is 16.5. The summed E-state index contributed by atoms with van der Waals surface area (Å²) in [6.45, 7) is 5.76. The number of carbonyl (C=O) groups excluding carboxylic acids is 2. The number of hydrogen-bond donors (Lipinski definition) is 0. The van der Waals surface area contributed by atoms with Gasteiger partial charge in [0.25, 0.3) is 0 Å². The summed E-state index contributed by atoms with van der Waals surface area (Å²) in [5.41, 5.74) is 3.81. The van der Waals surface area contributed by atoms with E-state index in [1.54, 1.807) is 6.92 Å². The molecule has 3 nitrogen and oxygen atoms in total. The van der Waals surface area contributed by atoms with E-state index in [0.717, 1.165) is 35.1 Å². The largest absolute Gasteiger partial charge is 0.373 e. The number of ether oxygens (including phenoxy) is 1. The van der Waals surface area contributed by atoms with Crippen LogP contribution in [0.5, 0.6) is 0 Å². The highest BCUT2D eigenvalue weighted by molar-refractivity contribution is 6.17. The highest BCUT2D eigenvalue weighted by Crippen LogP contribution is 2.52. The van der Waals surface area contributed by atoms with Gasteiger partial charge in [0.2, 0.25) is 0 Å². The standard InChI is InChI=1S/C20H20O3/c1-4-5-12-8-10(2)15(11(3)9-12)18-19(21)16-13-6-7-14(23-13)17(16)20(18)22/h8-9,13-14,16-18H,6-7H2,1-3H3/t13-,14+,16?,17?,18?. The molecule has 0 spiro atoms. The predicted octanol–water partition coefficient (Wildman–Crippen LogP) is 2.70. The third-order valence-electron chi connectivity index (χ3n) is 5.65. The van der Waals surface area contributed by atoms with Crippen molar-refractivity contribution in [2.75, 3.05) is 0 Å². The van der Waals surface area contributed by atoms with E-state index in [1.165, 1.54) is 0 Å². The summed E-state index contributed by atoms with van der Waals surface area (Å²) in [6, 6.07) is 3.97. The zero-order chi connectivity index (χ0) is 16.3. The van der Waals surface area contributed by atoms with Crippen LogP contribution in [-0.2, 0) is 14.3 Å². The molecule has 23 heavy (non-hydrogen) atoms. The van der Waals surface area contributed by atoms with Crippen molar-refractivity contribution in [3.63, 3.8) is 0 Å². The van der Waals surface area contributed by atoms with Gasteiger partial charge < -0.3 is 4.74 Å². The van der Waals surface area contributed by atoms with Crippen LogP contribution in [-0.4, -0.2) is 23.8 Å². The van der Waals surface area contributed by atoms with Crippen LogP contribution in [0.25, 0.3) is 0 Å². The maximum absolute atomic E-state index is 13.0. The first kappa shape index (κ1) is 14.7. The summed E-state index contributed by atoms with van der Waals surface area (Å²) >= 11 is 0. The number of Topliss-reactive ketones (excluding diaryl/α,β-unsaturated/α-hetero) is 2. The number of rotatable bonds is 1. The Morgan fingerprint density at radius 3 is 2.00 bits per heavy atom. The molecule has 1 aliphatic carbocycles. The van der Waals surface area contributed by atoms with Crippen molar-refractivity contribution in [2.24, 2.45) is 11.8 Å². The van der Waals surface area contributed by atoms with E-state index >= 15 is 0 Å². The van der Waals surface area contributed by atoms with Gasteiger partial charge in [0.15, 0.2) is 11.6 Å². The Hall–Kier alpha value is -1.92. The fraction of sp³-hybridized carbons (Fsp3) is 0.500. The molecule has 0 aromatic heterocycles. The quantitative estimate of drug-likeness (QED) is 0.592. The van der Waals surface area contributed by atoms with E-state index in [9.17, 15) is 9.59 Å². The molecule has 2 aliphatic heterocycles. The number of hydrogen-bond acceptors (Lipinski definition) is 3. The van der Waals surface area contributed by atoms with Crippen molar-refractivity contribution in [1.29, 1.82) is 0 Å². The van der Waals surface area contributed by atoms with Gasteiger partial charge in [-0.3, -0.25) is 9.59 Å². The maximum Gasteiger partial charge on any atom is 0.154 e. The van der Waals surface area contributed by atoms with Crippen molar-refractivity contribution >= 4 is 11.6 Å². The molecule has 3 unspecified atom stereocenters. The summed E-state index contributed by atoms with van der Waals surface area (Å²) in [7, 11) is 0. The van der Waals surface area contributed by atoms with E-state index in [1.807, 2.05) is 26.0 Å². The SMILES string of the molecule is CC#Cc1cc(C)c(C2C(=O)C3C(C2=O)[C@H]2CC[C@@H]3O2)c(C)c1. The van der Waals surface area contributed by atoms with Gasteiger partial charge in [0, 0.05) is 5.56 Å². The van der Waals surface area contributed by atoms with Crippen LogP contribution in [0.4, 0.5) is 0 Å². The minimum atomic E-state index is -0.597. The molecule has 1 saturated carbocycles.